The first-order valence-corrected chi connectivity index (χ1v) is 3.24. The highest BCUT2D eigenvalue weighted by molar-refractivity contribution is 5.84. The molecule has 1 saturated heterocycles. The van der Waals surface area contributed by atoms with E-state index in [4.69, 9.17) is 0 Å². The van der Waals surface area contributed by atoms with Crippen LogP contribution in [-0.4, -0.2) is 18.5 Å². The van der Waals surface area contributed by atoms with Crippen LogP contribution in [0.3, 0.4) is 0 Å². The van der Waals surface area contributed by atoms with Gasteiger partial charge in [0.2, 0.25) is 5.91 Å². The molecule has 62 valence electrons. The van der Waals surface area contributed by atoms with Gasteiger partial charge in [-0.3, -0.25) is 9.59 Å². The standard InChI is InChI=1S/C4H6O2.C3H5NO/c5-4-2-1-3-6-4;1-2-3(4)5/h1-3H2;2H,1H2,(H2,4,5). The van der Waals surface area contributed by atoms with Crippen molar-refractivity contribution >= 4 is 11.9 Å². The maximum atomic E-state index is 10.0. The van der Waals surface area contributed by atoms with Crippen LogP contribution >= 0.6 is 0 Å². The minimum Gasteiger partial charge on any atom is -0.466 e. The third-order valence-corrected chi connectivity index (χ3v) is 0.989. The maximum Gasteiger partial charge on any atom is 0.305 e. The summed E-state index contributed by atoms with van der Waals surface area (Å²) in [6.07, 6.45) is 2.60. The van der Waals surface area contributed by atoms with Gasteiger partial charge < -0.3 is 10.5 Å². The van der Waals surface area contributed by atoms with Gasteiger partial charge in [-0.25, -0.2) is 0 Å². The Kier molecular flexibility index (Phi) is 4.81. The van der Waals surface area contributed by atoms with Crippen LogP contribution in [0, 0.1) is 0 Å². The van der Waals surface area contributed by atoms with Crippen LogP contribution in [0.25, 0.3) is 0 Å². The molecule has 2 N–H and O–H groups in total. The molecule has 4 nitrogen and oxygen atoms in total. The van der Waals surface area contributed by atoms with E-state index in [1.165, 1.54) is 0 Å². The second kappa shape index (κ2) is 5.46. The van der Waals surface area contributed by atoms with E-state index in [0.29, 0.717) is 13.0 Å². The van der Waals surface area contributed by atoms with Crippen molar-refractivity contribution in [2.45, 2.75) is 12.8 Å². The smallest absolute Gasteiger partial charge is 0.305 e. The lowest BCUT2D eigenvalue weighted by Crippen LogP contribution is -2.04. The molecule has 0 radical (unpaired) electrons. The average molecular weight is 157 g/mol. The Hall–Kier alpha value is -1.32. The maximum absolute atomic E-state index is 10.0. The molecule has 0 bridgehead atoms. The van der Waals surface area contributed by atoms with Crippen LogP contribution in [0.15, 0.2) is 12.7 Å². The van der Waals surface area contributed by atoms with E-state index in [9.17, 15) is 9.59 Å². The number of hydrogen-bond acceptors (Lipinski definition) is 3. The molecule has 0 aromatic rings. The summed E-state index contributed by atoms with van der Waals surface area (Å²) >= 11 is 0. The largest absolute Gasteiger partial charge is 0.466 e. The molecule has 0 unspecified atom stereocenters. The van der Waals surface area contributed by atoms with Crippen molar-refractivity contribution in [1.29, 1.82) is 0 Å². The van der Waals surface area contributed by atoms with E-state index in [0.717, 1.165) is 12.5 Å². The van der Waals surface area contributed by atoms with E-state index in [2.05, 4.69) is 17.0 Å². The van der Waals surface area contributed by atoms with E-state index in [-0.39, 0.29) is 5.97 Å². The van der Waals surface area contributed by atoms with Gasteiger partial charge in [0.1, 0.15) is 0 Å². The molecule has 0 atom stereocenters. The lowest BCUT2D eigenvalue weighted by molar-refractivity contribution is -0.137. The van der Waals surface area contributed by atoms with Crippen molar-refractivity contribution in [3.63, 3.8) is 0 Å². The predicted molar refractivity (Wildman–Crippen MR) is 39.6 cm³/mol. The molecule has 1 amide bonds. The summed E-state index contributed by atoms with van der Waals surface area (Å²) in [5.41, 5.74) is 4.53. The van der Waals surface area contributed by atoms with Gasteiger partial charge in [0, 0.05) is 6.42 Å². The Labute approximate surface area is 65.0 Å². The third kappa shape index (κ3) is 6.57. The summed E-state index contributed by atoms with van der Waals surface area (Å²) in [5.74, 6) is -0.528. The Morgan fingerprint density at radius 3 is 2.36 bits per heavy atom. The first kappa shape index (κ1) is 9.68. The number of esters is 1. The van der Waals surface area contributed by atoms with Gasteiger partial charge in [-0.1, -0.05) is 6.58 Å². The van der Waals surface area contributed by atoms with Gasteiger partial charge in [0.15, 0.2) is 0 Å². The summed E-state index contributed by atoms with van der Waals surface area (Å²) in [6.45, 7) is 3.72. The molecule has 1 rings (SSSR count). The molecule has 1 heterocycles. The van der Waals surface area contributed by atoms with Crippen molar-refractivity contribution in [3.05, 3.63) is 12.7 Å². The fourth-order valence-electron chi connectivity index (χ4n) is 0.475. The summed E-state index contributed by atoms with van der Waals surface area (Å²) in [6, 6.07) is 0. The number of amides is 1. The molecule has 1 fully saturated rings. The molecule has 1 aliphatic heterocycles. The predicted octanol–water partition coefficient (Wildman–Crippen LogP) is -0.0189. The van der Waals surface area contributed by atoms with Crippen LogP contribution in [-0.2, 0) is 14.3 Å². The summed E-state index contributed by atoms with van der Waals surface area (Å²) in [5, 5.41) is 0. The number of carbonyl (C=O) groups is 2. The van der Waals surface area contributed by atoms with Crippen LogP contribution in [0.2, 0.25) is 0 Å². The first-order chi connectivity index (χ1) is 5.16. The normalized spacial score (nSPS) is 14.4. The molecule has 0 saturated carbocycles. The summed E-state index contributed by atoms with van der Waals surface area (Å²) in [7, 11) is 0. The van der Waals surface area contributed by atoms with Gasteiger partial charge in [0.25, 0.3) is 0 Å². The average Bonchev–Trinajstić information content (AvgIpc) is 2.41. The monoisotopic (exact) mass is 157 g/mol. The molecular formula is C7H11NO3. The van der Waals surface area contributed by atoms with Crippen molar-refractivity contribution in [1.82, 2.24) is 0 Å². The molecule has 0 aliphatic carbocycles. The zero-order chi connectivity index (χ0) is 8.69. The molecule has 1 aliphatic rings. The van der Waals surface area contributed by atoms with Gasteiger partial charge in [0.05, 0.1) is 6.61 Å². The molecule has 0 spiro atoms. The second-order valence-corrected chi connectivity index (χ2v) is 1.93. The molecule has 0 aromatic carbocycles. The molecule has 4 heteroatoms. The number of carbonyl (C=O) groups excluding carboxylic acids is 2. The quantitative estimate of drug-likeness (QED) is 0.429. The van der Waals surface area contributed by atoms with Crippen molar-refractivity contribution in [2.75, 3.05) is 6.61 Å². The van der Waals surface area contributed by atoms with E-state index in [1.807, 2.05) is 0 Å². The topological polar surface area (TPSA) is 69.4 Å². The fourth-order valence-corrected chi connectivity index (χ4v) is 0.475. The molecule has 0 aromatic heterocycles. The molecular weight excluding hydrogens is 146 g/mol. The number of primary amides is 1. The number of cyclic esters (lactones) is 1. The Morgan fingerprint density at radius 1 is 1.73 bits per heavy atom. The van der Waals surface area contributed by atoms with Crippen LogP contribution in [0.5, 0.6) is 0 Å². The highest BCUT2D eigenvalue weighted by atomic mass is 16.5. The van der Waals surface area contributed by atoms with Gasteiger partial charge in [-0.15, -0.1) is 0 Å². The number of rotatable bonds is 1. The zero-order valence-corrected chi connectivity index (χ0v) is 6.21. The third-order valence-electron chi connectivity index (χ3n) is 0.989. The summed E-state index contributed by atoms with van der Waals surface area (Å²) in [4.78, 5) is 19.5. The highest BCUT2D eigenvalue weighted by Crippen LogP contribution is 2.01. The fraction of sp³-hybridized carbons (Fsp3) is 0.429. The first-order valence-electron chi connectivity index (χ1n) is 3.24. The van der Waals surface area contributed by atoms with Crippen molar-refractivity contribution < 1.29 is 14.3 Å². The Bertz CT molecular complexity index is 157. The van der Waals surface area contributed by atoms with E-state index < -0.39 is 5.91 Å². The van der Waals surface area contributed by atoms with E-state index in [1.54, 1.807) is 0 Å². The summed E-state index contributed by atoms with van der Waals surface area (Å²) < 4.78 is 4.51. The second-order valence-electron chi connectivity index (χ2n) is 1.93. The van der Waals surface area contributed by atoms with Crippen LogP contribution < -0.4 is 5.73 Å². The lowest BCUT2D eigenvalue weighted by atomic mass is 10.4. The van der Waals surface area contributed by atoms with Crippen LogP contribution in [0.4, 0.5) is 0 Å². The number of hydrogen-bond donors (Lipinski definition) is 1. The Morgan fingerprint density at radius 2 is 2.27 bits per heavy atom. The Balaban J connectivity index is 0.000000187. The van der Waals surface area contributed by atoms with Crippen molar-refractivity contribution in [3.8, 4) is 0 Å². The van der Waals surface area contributed by atoms with Crippen LogP contribution in [0.1, 0.15) is 12.8 Å². The zero-order valence-electron chi connectivity index (χ0n) is 6.21. The van der Waals surface area contributed by atoms with Crippen molar-refractivity contribution in [2.24, 2.45) is 5.73 Å². The highest BCUT2D eigenvalue weighted by Gasteiger charge is 2.08. The minimum atomic E-state index is -0.481. The van der Waals surface area contributed by atoms with E-state index >= 15 is 0 Å². The van der Waals surface area contributed by atoms with Gasteiger partial charge in [-0.2, -0.15) is 0 Å². The lowest BCUT2D eigenvalue weighted by Gasteiger charge is -1.81. The minimum absolute atomic E-state index is 0.0463. The van der Waals surface area contributed by atoms with Gasteiger partial charge >= 0.3 is 5.97 Å². The SMILES string of the molecule is C=CC(N)=O.O=C1CCCO1. The molecule has 11 heavy (non-hydrogen) atoms. The number of nitrogens with two attached hydrogens (primary N) is 1. The number of ether oxygens (including phenoxy) is 1. The van der Waals surface area contributed by atoms with Gasteiger partial charge in [-0.05, 0) is 12.5 Å².